The van der Waals surface area contributed by atoms with Gasteiger partial charge in [-0.3, -0.25) is 4.57 Å². The van der Waals surface area contributed by atoms with Gasteiger partial charge < -0.3 is 14.3 Å². The van der Waals surface area contributed by atoms with Gasteiger partial charge >= 0.3 is 11.7 Å². The molecule has 1 heterocycles. The van der Waals surface area contributed by atoms with Gasteiger partial charge in [0.15, 0.2) is 5.58 Å². The first-order chi connectivity index (χ1) is 9.97. The molecule has 6 heteroatoms. The van der Waals surface area contributed by atoms with Crippen LogP contribution in [-0.2, 0) is 16.1 Å². The van der Waals surface area contributed by atoms with Gasteiger partial charge in [0.25, 0.3) is 0 Å². The zero-order valence-electron chi connectivity index (χ0n) is 12.3. The van der Waals surface area contributed by atoms with E-state index < -0.39 is 17.8 Å². The molecule has 0 spiro atoms. The minimum atomic E-state index is -0.771. The first kappa shape index (κ1) is 15.3. The molecule has 2 unspecified atom stereocenters. The number of esters is 1. The largest absolute Gasteiger partial charge is 0.461 e. The van der Waals surface area contributed by atoms with E-state index in [1.54, 1.807) is 32.0 Å². The summed E-state index contributed by atoms with van der Waals surface area (Å²) < 4.78 is 11.7. The van der Waals surface area contributed by atoms with Crippen molar-refractivity contribution in [1.82, 2.24) is 4.57 Å². The maximum absolute atomic E-state index is 12.1. The lowest BCUT2D eigenvalue weighted by atomic mass is 10.2. The standard InChI is InChI=1S/C15H19NO5/c1-4-9(2)20-14(18)10(3)16-12-6-5-11(8-17)7-13(12)21-15(16)19/h5-7,9-10,17H,4,8H2,1-3H3. The quantitative estimate of drug-likeness (QED) is 0.853. The normalized spacial score (nSPS) is 14.1. The highest BCUT2D eigenvalue weighted by atomic mass is 16.5. The molecule has 0 bridgehead atoms. The summed E-state index contributed by atoms with van der Waals surface area (Å²) in [4.78, 5) is 24.0. The molecule has 21 heavy (non-hydrogen) atoms. The van der Waals surface area contributed by atoms with Crippen molar-refractivity contribution in [1.29, 1.82) is 0 Å². The van der Waals surface area contributed by atoms with Crippen LogP contribution >= 0.6 is 0 Å². The van der Waals surface area contributed by atoms with E-state index >= 15 is 0 Å². The van der Waals surface area contributed by atoms with Crippen molar-refractivity contribution >= 4 is 17.1 Å². The van der Waals surface area contributed by atoms with E-state index in [1.807, 2.05) is 6.92 Å². The number of benzene rings is 1. The summed E-state index contributed by atoms with van der Waals surface area (Å²) in [6, 6.07) is 4.15. The maximum Gasteiger partial charge on any atom is 0.420 e. The summed E-state index contributed by atoms with van der Waals surface area (Å²) in [6.07, 6.45) is 0.508. The second kappa shape index (κ2) is 6.13. The first-order valence-corrected chi connectivity index (χ1v) is 6.93. The lowest BCUT2D eigenvalue weighted by molar-refractivity contribution is -0.151. The number of aromatic nitrogens is 1. The molecule has 0 amide bonds. The monoisotopic (exact) mass is 293 g/mol. The van der Waals surface area contributed by atoms with Crippen LogP contribution in [0.4, 0.5) is 0 Å². The highest BCUT2D eigenvalue weighted by Crippen LogP contribution is 2.20. The Morgan fingerprint density at radius 3 is 2.76 bits per heavy atom. The molecule has 114 valence electrons. The Labute approximate surface area is 121 Å². The topological polar surface area (TPSA) is 81.7 Å². The first-order valence-electron chi connectivity index (χ1n) is 6.93. The number of hydrogen-bond donors (Lipinski definition) is 1. The van der Waals surface area contributed by atoms with Gasteiger partial charge in [0, 0.05) is 0 Å². The predicted molar refractivity (Wildman–Crippen MR) is 77.0 cm³/mol. The van der Waals surface area contributed by atoms with Gasteiger partial charge in [-0.05, 0) is 38.0 Å². The van der Waals surface area contributed by atoms with Gasteiger partial charge in [-0.25, -0.2) is 9.59 Å². The summed E-state index contributed by atoms with van der Waals surface area (Å²) in [5.74, 6) is -1.09. The zero-order chi connectivity index (χ0) is 15.6. The molecule has 6 nitrogen and oxygen atoms in total. The van der Waals surface area contributed by atoms with Gasteiger partial charge in [0.1, 0.15) is 6.04 Å². The van der Waals surface area contributed by atoms with Crippen molar-refractivity contribution in [3.8, 4) is 0 Å². The zero-order valence-corrected chi connectivity index (χ0v) is 12.3. The fraction of sp³-hybridized carbons (Fsp3) is 0.467. The molecule has 0 fully saturated rings. The lowest BCUT2D eigenvalue weighted by Crippen LogP contribution is -2.28. The molecular formula is C15H19NO5. The van der Waals surface area contributed by atoms with E-state index in [4.69, 9.17) is 14.3 Å². The third-order valence-electron chi connectivity index (χ3n) is 3.48. The van der Waals surface area contributed by atoms with Gasteiger partial charge in [0.05, 0.1) is 18.2 Å². The second-order valence-electron chi connectivity index (χ2n) is 5.03. The number of ether oxygens (including phenoxy) is 1. The SMILES string of the molecule is CCC(C)OC(=O)C(C)n1c(=O)oc2cc(CO)ccc21. The number of carbonyl (C=O) groups is 1. The Bertz CT molecular complexity index is 700. The summed E-state index contributed by atoms with van der Waals surface area (Å²) in [6.45, 7) is 5.17. The van der Waals surface area contributed by atoms with Crippen LogP contribution in [0.1, 0.15) is 38.8 Å². The summed E-state index contributed by atoms with van der Waals surface area (Å²) in [7, 11) is 0. The Morgan fingerprint density at radius 2 is 2.14 bits per heavy atom. The van der Waals surface area contributed by atoms with Crippen LogP contribution in [0.5, 0.6) is 0 Å². The van der Waals surface area contributed by atoms with E-state index in [9.17, 15) is 9.59 Å². The highest BCUT2D eigenvalue weighted by molar-refractivity contribution is 5.79. The van der Waals surface area contributed by atoms with Crippen molar-refractivity contribution in [2.24, 2.45) is 0 Å². The molecule has 2 rings (SSSR count). The molecular weight excluding hydrogens is 274 g/mol. The molecule has 0 aliphatic rings. The number of carbonyl (C=O) groups excluding carboxylic acids is 1. The van der Waals surface area contributed by atoms with Crippen LogP contribution in [0, 0.1) is 0 Å². The smallest absolute Gasteiger partial charge is 0.420 e. The fourth-order valence-corrected chi connectivity index (χ4v) is 2.03. The Kier molecular flexibility index (Phi) is 4.47. The number of hydrogen-bond acceptors (Lipinski definition) is 5. The molecule has 1 aromatic heterocycles. The van der Waals surface area contributed by atoms with Crippen LogP contribution < -0.4 is 5.76 Å². The molecule has 2 atom stereocenters. The molecule has 1 N–H and O–H groups in total. The average molecular weight is 293 g/mol. The highest BCUT2D eigenvalue weighted by Gasteiger charge is 2.23. The second-order valence-corrected chi connectivity index (χ2v) is 5.03. The molecule has 0 radical (unpaired) electrons. The summed E-state index contributed by atoms with van der Waals surface area (Å²) in [5, 5.41) is 9.10. The molecule has 0 aliphatic heterocycles. The van der Waals surface area contributed by atoms with Crippen molar-refractivity contribution < 1.29 is 19.1 Å². The number of nitrogens with zero attached hydrogens (tertiary/aromatic N) is 1. The van der Waals surface area contributed by atoms with Crippen molar-refractivity contribution in [3.05, 3.63) is 34.3 Å². The number of rotatable bonds is 5. The van der Waals surface area contributed by atoms with Crippen molar-refractivity contribution in [3.63, 3.8) is 0 Å². The van der Waals surface area contributed by atoms with E-state index in [0.717, 1.165) is 0 Å². The minimum absolute atomic E-state index is 0.142. The predicted octanol–water partition coefficient (Wildman–Crippen LogP) is 1.99. The third kappa shape index (κ3) is 3.00. The Hall–Kier alpha value is -2.08. The van der Waals surface area contributed by atoms with Crippen LogP contribution in [0.15, 0.2) is 27.4 Å². The van der Waals surface area contributed by atoms with E-state index in [2.05, 4.69) is 0 Å². The van der Waals surface area contributed by atoms with Crippen molar-refractivity contribution in [2.45, 2.75) is 45.9 Å². The van der Waals surface area contributed by atoms with E-state index in [0.29, 0.717) is 23.1 Å². The van der Waals surface area contributed by atoms with Gasteiger partial charge in [-0.2, -0.15) is 0 Å². The molecule has 1 aromatic carbocycles. The summed E-state index contributed by atoms with van der Waals surface area (Å²) in [5.41, 5.74) is 1.48. The number of aliphatic hydroxyl groups excluding tert-OH is 1. The number of aliphatic hydroxyl groups is 1. The van der Waals surface area contributed by atoms with Crippen LogP contribution in [0.3, 0.4) is 0 Å². The molecule has 2 aromatic rings. The minimum Gasteiger partial charge on any atom is -0.461 e. The lowest BCUT2D eigenvalue weighted by Gasteiger charge is -2.16. The third-order valence-corrected chi connectivity index (χ3v) is 3.48. The summed E-state index contributed by atoms with van der Waals surface area (Å²) >= 11 is 0. The van der Waals surface area contributed by atoms with Crippen molar-refractivity contribution in [2.75, 3.05) is 0 Å². The Balaban J connectivity index is 2.39. The van der Waals surface area contributed by atoms with Gasteiger partial charge in [-0.1, -0.05) is 13.0 Å². The maximum atomic E-state index is 12.1. The van der Waals surface area contributed by atoms with E-state index in [1.165, 1.54) is 4.57 Å². The van der Waals surface area contributed by atoms with Crippen LogP contribution in [-0.4, -0.2) is 21.7 Å². The Morgan fingerprint density at radius 1 is 1.43 bits per heavy atom. The van der Waals surface area contributed by atoms with Gasteiger partial charge in [-0.15, -0.1) is 0 Å². The van der Waals surface area contributed by atoms with Crippen LogP contribution in [0.2, 0.25) is 0 Å². The molecule has 0 aliphatic carbocycles. The van der Waals surface area contributed by atoms with E-state index in [-0.39, 0.29) is 12.7 Å². The number of oxazole rings is 1. The average Bonchev–Trinajstić information content (AvgIpc) is 2.80. The number of fused-ring (bicyclic) bond motifs is 1. The fourth-order valence-electron chi connectivity index (χ4n) is 2.03. The molecule has 0 saturated carbocycles. The van der Waals surface area contributed by atoms with Crippen LogP contribution in [0.25, 0.3) is 11.1 Å². The molecule has 0 saturated heterocycles. The van der Waals surface area contributed by atoms with Gasteiger partial charge in [0.2, 0.25) is 0 Å².